The van der Waals surface area contributed by atoms with Crippen LogP contribution in [0.3, 0.4) is 0 Å². The normalized spacial score (nSPS) is 17.5. The van der Waals surface area contributed by atoms with E-state index >= 15 is 0 Å². The summed E-state index contributed by atoms with van der Waals surface area (Å²) in [5, 5.41) is 15.6. The Hall–Kier alpha value is -4.61. The smallest absolute Gasteiger partial charge is 0.407 e. The van der Waals surface area contributed by atoms with Gasteiger partial charge in [0.25, 0.3) is 0 Å². The summed E-state index contributed by atoms with van der Waals surface area (Å²) in [5.41, 5.74) is 1.91. The number of nitrogens with one attached hydrogen (secondary N) is 2. The quantitative estimate of drug-likeness (QED) is 0.125. The van der Waals surface area contributed by atoms with Gasteiger partial charge in [-0.2, -0.15) is 0 Å². The highest BCUT2D eigenvalue weighted by Gasteiger charge is 2.37. The van der Waals surface area contributed by atoms with Crippen LogP contribution in [0.1, 0.15) is 77.7 Å². The van der Waals surface area contributed by atoms with Crippen LogP contribution in [0.15, 0.2) is 79.0 Å². The van der Waals surface area contributed by atoms with Crippen LogP contribution >= 0.6 is 0 Å². The number of ketones is 1. The molecule has 3 N–H and O–H groups in total. The summed E-state index contributed by atoms with van der Waals surface area (Å²) in [6.07, 6.45) is -2.28. The highest BCUT2D eigenvalue weighted by molar-refractivity contribution is 5.88. The highest BCUT2D eigenvalue weighted by Crippen LogP contribution is 2.30. The predicted octanol–water partition coefficient (Wildman–Crippen LogP) is 5.76. The minimum Gasteiger partial charge on any atom is -0.469 e. The summed E-state index contributed by atoms with van der Waals surface area (Å²) in [4.78, 5) is 57.9. The molecule has 2 aromatic carbocycles. The number of rotatable bonds is 16. The lowest BCUT2D eigenvalue weighted by Crippen LogP contribution is -2.52. The van der Waals surface area contributed by atoms with Gasteiger partial charge in [-0.15, -0.1) is 0 Å². The number of methoxy groups -OCH3 is 2. The van der Waals surface area contributed by atoms with Gasteiger partial charge in [0, 0.05) is 39.5 Å². The van der Waals surface area contributed by atoms with E-state index in [0.29, 0.717) is 16.8 Å². The maximum atomic E-state index is 14.3. The standard InChI is InChI=1S/C40H54N4O7/c1-39(2,3)31(24-35(47)50-7)37(48)43-44(25-28-17-19-29(20-18-28)32-16-12-13-21-41-32)26-34(46)30(22-27-14-10-9-11-15-27)23-33(45)36(40(4,5)6)42-38(49)51-8/h9-21,30-31,34,36,46H,22-26H2,1-8H3,(H,42,49)(H,43,48)/t30-,31-,34+,36-/m1/s1/i4D3,5D3,7D3. The number of hydrogen-bond donors (Lipinski definition) is 3. The van der Waals surface area contributed by atoms with E-state index in [-0.39, 0.29) is 19.5 Å². The van der Waals surface area contributed by atoms with Crippen molar-refractivity contribution in [3.8, 4) is 11.3 Å². The van der Waals surface area contributed by atoms with Gasteiger partial charge in [0.1, 0.15) is 0 Å². The molecule has 0 unspecified atom stereocenters. The number of benzene rings is 2. The Labute approximate surface area is 314 Å². The number of amides is 2. The minimum atomic E-state index is -3.29. The molecule has 2 amide bonds. The van der Waals surface area contributed by atoms with Crippen molar-refractivity contribution in [2.45, 2.75) is 79.4 Å². The zero-order chi connectivity index (χ0) is 45.3. The zero-order valence-electron chi connectivity index (χ0n) is 38.6. The number of alkyl carbamates (subject to hydrolysis) is 1. The van der Waals surface area contributed by atoms with Crippen molar-refractivity contribution in [3.63, 3.8) is 0 Å². The second kappa shape index (κ2) is 18.6. The van der Waals surface area contributed by atoms with E-state index < -0.39 is 92.1 Å². The maximum Gasteiger partial charge on any atom is 0.407 e. The largest absolute Gasteiger partial charge is 0.469 e. The van der Waals surface area contributed by atoms with Gasteiger partial charge in [0.15, 0.2) is 5.78 Å². The molecule has 11 heteroatoms. The third kappa shape index (κ3) is 12.9. The van der Waals surface area contributed by atoms with Gasteiger partial charge in [-0.3, -0.25) is 24.8 Å². The van der Waals surface area contributed by atoms with Crippen molar-refractivity contribution in [1.29, 1.82) is 0 Å². The Morgan fingerprint density at radius 2 is 1.57 bits per heavy atom. The first-order valence-electron chi connectivity index (χ1n) is 21.0. The number of hydrogen-bond acceptors (Lipinski definition) is 9. The number of aliphatic hydroxyl groups is 1. The topological polar surface area (TPSA) is 147 Å². The summed E-state index contributed by atoms with van der Waals surface area (Å²) in [7, 11) is -2.06. The molecule has 0 aliphatic rings. The van der Waals surface area contributed by atoms with E-state index in [2.05, 4.69) is 25.2 Å². The molecule has 51 heavy (non-hydrogen) atoms. The lowest BCUT2D eigenvalue weighted by molar-refractivity contribution is -0.148. The van der Waals surface area contributed by atoms with Crippen molar-refractivity contribution < 1.29 is 46.1 Å². The van der Waals surface area contributed by atoms with Gasteiger partial charge in [-0.05, 0) is 46.4 Å². The molecule has 0 aliphatic carbocycles. The molecule has 0 saturated carbocycles. The molecular formula is C40H54N4O7. The number of Topliss-reactive ketones (excluding diaryl/α,β-unsaturated/α-hetero) is 1. The number of esters is 1. The molecule has 3 rings (SSSR count). The van der Waals surface area contributed by atoms with Crippen LogP contribution in [0.2, 0.25) is 0 Å². The molecule has 3 aromatic rings. The lowest BCUT2D eigenvalue weighted by atomic mass is 9.78. The lowest BCUT2D eigenvalue weighted by Gasteiger charge is -2.35. The zero-order valence-corrected chi connectivity index (χ0v) is 29.6. The van der Waals surface area contributed by atoms with Crippen molar-refractivity contribution >= 4 is 23.8 Å². The van der Waals surface area contributed by atoms with E-state index in [0.717, 1.165) is 19.6 Å². The number of aliphatic hydroxyl groups excluding tert-OH is 1. The molecule has 0 fully saturated rings. The molecular weight excluding hydrogens is 648 g/mol. The number of pyridine rings is 1. The predicted molar refractivity (Wildman–Crippen MR) is 196 cm³/mol. The fraction of sp³-hybridized carbons (Fsp3) is 0.475. The first kappa shape index (κ1) is 29.0. The van der Waals surface area contributed by atoms with Gasteiger partial charge in [-0.25, -0.2) is 9.80 Å². The molecule has 0 saturated heterocycles. The minimum absolute atomic E-state index is 0.0169. The van der Waals surface area contributed by atoms with E-state index in [1.54, 1.807) is 75.5 Å². The Balaban J connectivity index is 2.08. The number of hydrazine groups is 1. The van der Waals surface area contributed by atoms with Crippen LogP contribution in [0.4, 0.5) is 4.79 Å². The molecule has 0 bridgehead atoms. The summed E-state index contributed by atoms with van der Waals surface area (Å²) >= 11 is 0. The van der Waals surface area contributed by atoms with Crippen LogP contribution < -0.4 is 10.7 Å². The summed E-state index contributed by atoms with van der Waals surface area (Å²) < 4.78 is 80.2. The number of carbonyl (C=O) groups is 4. The Morgan fingerprint density at radius 1 is 0.882 bits per heavy atom. The van der Waals surface area contributed by atoms with Crippen molar-refractivity contribution in [2.24, 2.45) is 22.7 Å². The number of ether oxygens (including phenoxy) is 2. The first-order chi connectivity index (χ1) is 27.7. The average Bonchev–Trinajstić information content (AvgIpc) is 3.14. The van der Waals surface area contributed by atoms with E-state index in [4.69, 9.17) is 12.3 Å². The maximum absolute atomic E-state index is 14.3. The Morgan fingerprint density at radius 3 is 2.16 bits per heavy atom. The van der Waals surface area contributed by atoms with Crippen LogP contribution in [0.25, 0.3) is 11.3 Å². The second-order valence-corrected chi connectivity index (χ2v) is 13.8. The number of aromatic nitrogens is 1. The summed E-state index contributed by atoms with van der Waals surface area (Å²) in [5.74, 6) is -5.01. The second-order valence-electron chi connectivity index (χ2n) is 13.8. The SMILES string of the molecule is [2H]C([2H])([2H])OC(=O)C[C@H](C(=O)NN(Cc1ccc(-c2ccccn2)cc1)C[C@H](O)[C@@H](CC(=O)[C@@H](NC(=O)OC)C(C)(C([2H])([2H])[2H])C([2H])([2H])[2H])Cc1ccccc1)C(C)(C)C. The van der Waals surface area contributed by atoms with Crippen LogP contribution in [0.5, 0.6) is 0 Å². The third-order valence-electron chi connectivity index (χ3n) is 8.51. The first-order valence-corrected chi connectivity index (χ1v) is 16.5. The van der Waals surface area contributed by atoms with Gasteiger partial charge in [0.2, 0.25) is 5.91 Å². The van der Waals surface area contributed by atoms with Crippen LogP contribution in [-0.2, 0) is 36.8 Å². The molecule has 0 aliphatic heterocycles. The number of carbonyl (C=O) groups excluding carboxylic acids is 4. The summed E-state index contributed by atoms with van der Waals surface area (Å²) in [6.45, 7) is -1.06. The van der Waals surface area contributed by atoms with Crippen LogP contribution in [-0.4, -0.2) is 71.7 Å². The van der Waals surface area contributed by atoms with Gasteiger partial charge < -0.3 is 19.9 Å². The Kier molecular flexibility index (Phi) is 10.6. The third-order valence-corrected chi connectivity index (χ3v) is 8.51. The van der Waals surface area contributed by atoms with Crippen molar-refractivity contribution in [2.75, 3.05) is 20.7 Å². The molecule has 1 heterocycles. The van der Waals surface area contributed by atoms with Gasteiger partial charge in [0.05, 0.1) is 48.4 Å². The molecule has 4 atom stereocenters. The number of nitrogens with zero attached hydrogens (tertiary/aromatic N) is 2. The van der Waals surface area contributed by atoms with Gasteiger partial charge in [-0.1, -0.05) is 102 Å². The van der Waals surface area contributed by atoms with E-state index in [9.17, 15) is 24.3 Å². The highest BCUT2D eigenvalue weighted by atomic mass is 16.5. The van der Waals surface area contributed by atoms with Crippen molar-refractivity contribution in [1.82, 2.24) is 20.7 Å². The van der Waals surface area contributed by atoms with Crippen LogP contribution in [0, 0.1) is 22.7 Å². The molecule has 11 nitrogen and oxygen atoms in total. The Bertz CT molecular complexity index is 1870. The molecule has 0 spiro atoms. The van der Waals surface area contributed by atoms with E-state index in [1.165, 1.54) is 5.01 Å². The summed E-state index contributed by atoms with van der Waals surface area (Å²) in [6, 6.07) is 19.2. The molecule has 1 aromatic heterocycles. The van der Waals surface area contributed by atoms with E-state index in [1.807, 2.05) is 24.3 Å². The monoisotopic (exact) mass is 711 g/mol. The molecule has 0 radical (unpaired) electrons. The average molecular weight is 712 g/mol. The molecule has 276 valence electrons. The fourth-order valence-electron chi connectivity index (χ4n) is 5.65. The van der Waals surface area contributed by atoms with Gasteiger partial charge >= 0.3 is 12.1 Å². The fourth-order valence-corrected chi connectivity index (χ4v) is 5.65. The van der Waals surface area contributed by atoms with Crippen molar-refractivity contribution in [3.05, 3.63) is 90.1 Å².